The molecule has 27 heavy (non-hydrogen) atoms. The minimum atomic E-state index is -3.75. The van der Waals surface area contributed by atoms with Gasteiger partial charge in [-0.2, -0.15) is 0 Å². The Bertz CT molecular complexity index is 502. The van der Waals surface area contributed by atoms with Crippen LogP contribution in [0.2, 0.25) is 0 Å². The van der Waals surface area contributed by atoms with Gasteiger partial charge in [0.15, 0.2) is 0 Å². The number of phosphoric acid groups is 1. The number of rotatable bonds is 16. The fourth-order valence-corrected chi connectivity index (χ4v) is 3.24. The maximum Gasteiger partial charge on any atom is 0.475 e. The van der Waals surface area contributed by atoms with Gasteiger partial charge in [-0.15, -0.1) is 6.58 Å². The van der Waals surface area contributed by atoms with Crippen molar-refractivity contribution in [2.45, 2.75) is 52.6 Å². The van der Waals surface area contributed by atoms with Crippen LogP contribution in [-0.4, -0.2) is 56.9 Å². The summed E-state index contributed by atoms with van der Waals surface area (Å²) in [6.45, 7) is 10.7. The molecule has 0 aliphatic rings. The van der Waals surface area contributed by atoms with Crippen molar-refractivity contribution < 1.29 is 32.5 Å². The van der Waals surface area contributed by atoms with Gasteiger partial charge in [-0.3, -0.25) is 23.2 Å². The zero-order valence-electron chi connectivity index (χ0n) is 16.7. The zero-order valence-corrected chi connectivity index (χ0v) is 17.6. The van der Waals surface area contributed by atoms with Crippen LogP contribution in [-0.2, 0) is 32.5 Å². The Hall–Kier alpha value is -1.25. The third kappa shape index (κ3) is 14.5. The molecule has 0 aromatic rings. The van der Waals surface area contributed by atoms with Crippen molar-refractivity contribution in [3.8, 4) is 0 Å². The second-order valence-corrected chi connectivity index (χ2v) is 7.69. The SMILES string of the molecule is C=CCOP(=O)(OCCC)OC[C@@H](COCC[C@H](C)NC(C)=O)NC(C)=O. The first-order valence-corrected chi connectivity index (χ1v) is 10.4. The first-order valence-electron chi connectivity index (χ1n) is 8.98. The topological polar surface area (TPSA) is 112 Å². The predicted octanol–water partition coefficient (Wildman–Crippen LogP) is 2.18. The number of ether oxygens (including phenoxy) is 1. The Morgan fingerprint density at radius 2 is 1.74 bits per heavy atom. The van der Waals surface area contributed by atoms with E-state index in [1.807, 2.05) is 13.8 Å². The lowest BCUT2D eigenvalue weighted by Crippen LogP contribution is -2.40. The van der Waals surface area contributed by atoms with Gasteiger partial charge in [-0.25, -0.2) is 4.57 Å². The molecular formula is C17H33N2O7P. The molecule has 0 bridgehead atoms. The number of nitrogens with one attached hydrogen (secondary N) is 2. The van der Waals surface area contributed by atoms with Gasteiger partial charge in [0.1, 0.15) is 0 Å². The third-order valence-corrected chi connectivity index (χ3v) is 4.54. The molecule has 0 rings (SSSR count). The Kier molecular flexibility index (Phi) is 14.1. The van der Waals surface area contributed by atoms with Crippen molar-refractivity contribution in [2.24, 2.45) is 0 Å². The molecule has 0 aromatic heterocycles. The van der Waals surface area contributed by atoms with Crippen LogP contribution in [0.5, 0.6) is 0 Å². The number of carbonyl (C=O) groups excluding carboxylic acids is 2. The van der Waals surface area contributed by atoms with E-state index in [0.29, 0.717) is 19.4 Å². The van der Waals surface area contributed by atoms with Gasteiger partial charge in [-0.05, 0) is 19.8 Å². The van der Waals surface area contributed by atoms with E-state index in [1.54, 1.807) is 0 Å². The summed E-state index contributed by atoms with van der Waals surface area (Å²) < 4.78 is 33.7. The van der Waals surface area contributed by atoms with E-state index in [4.69, 9.17) is 18.3 Å². The summed E-state index contributed by atoms with van der Waals surface area (Å²) in [4.78, 5) is 22.3. The van der Waals surface area contributed by atoms with Gasteiger partial charge < -0.3 is 15.4 Å². The quantitative estimate of drug-likeness (QED) is 0.229. The summed E-state index contributed by atoms with van der Waals surface area (Å²) in [6.07, 6.45) is 2.71. The summed E-state index contributed by atoms with van der Waals surface area (Å²) in [5, 5.41) is 5.43. The number of carbonyl (C=O) groups is 2. The highest BCUT2D eigenvalue weighted by Crippen LogP contribution is 2.49. The minimum Gasteiger partial charge on any atom is -0.379 e. The molecule has 0 saturated carbocycles. The fraction of sp³-hybridized carbons (Fsp3) is 0.765. The van der Waals surface area contributed by atoms with E-state index in [1.165, 1.54) is 19.9 Å². The summed E-state index contributed by atoms with van der Waals surface area (Å²) in [7, 11) is -3.75. The normalized spacial score (nSPS) is 15.4. The van der Waals surface area contributed by atoms with Crippen LogP contribution in [0.4, 0.5) is 0 Å². The smallest absolute Gasteiger partial charge is 0.379 e. The largest absolute Gasteiger partial charge is 0.475 e. The first kappa shape index (κ1) is 25.8. The third-order valence-electron chi connectivity index (χ3n) is 3.11. The Labute approximate surface area is 161 Å². The van der Waals surface area contributed by atoms with Crippen molar-refractivity contribution in [1.82, 2.24) is 10.6 Å². The second kappa shape index (κ2) is 14.8. The number of hydrogen-bond donors (Lipinski definition) is 2. The highest BCUT2D eigenvalue weighted by molar-refractivity contribution is 7.48. The van der Waals surface area contributed by atoms with Crippen LogP contribution in [0.1, 0.15) is 40.5 Å². The standard InChI is InChI=1S/C17H33N2O7P/c1-6-9-24-27(22,25-10-7-2)26-13-17(19-16(5)21)12-23-11-8-14(3)18-15(4)20/h6,14,17H,1,7-13H2,2-5H3,(H,18,20)(H,19,21)/t14-,17+,27?/m0/s1. The Balaban J connectivity index is 4.52. The van der Waals surface area contributed by atoms with Crippen molar-refractivity contribution in [2.75, 3.05) is 33.0 Å². The maximum atomic E-state index is 12.5. The number of phosphoric ester groups is 1. The van der Waals surface area contributed by atoms with E-state index in [2.05, 4.69) is 17.2 Å². The number of amides is 2. The van der Waals surface area contributed by atoms with Crippen LogP contribution < -0.4 is 10.6 Å². The highest BCUT2D eigenvalue weighted by atomic mass is 31.2. The van der Waals surface area contributed by atoms with Crippen molar-refractivity contribution in [3.63, 3.8) is 0 Å². The molecule has 0 aliphatic carbocycles. The summed E-state index contributed by atoms with van der Waals surface area (Å²) >= 11 is 0. The lowest BCUT2D eigenvalue weighted by molar-refractivity contribution is -0.121. The second-order valence-electron chi connectivity index (χ2n) is 6.02. The van der Waals surface area contributed by atoms with Crippen LogP contribution in [0, 0.1) is 0 Å². The van der Waals surface area contributed by atoms with E-state index in [0.717, 1.165) is 0 Å². The molecule has 0 saturated heterocycles. The average Bonchev–Trinajstić information content (AvgIpc) is 2.58. The van der Waals surface area contributed by atoms with Crippen molar-refractivity contribution in [1.29, 1.82) is 0 Å². The van der Waals surface area contributed by atoms with Gasteiger partial charge >= 0.3 is 7.82 Å². The monoisotopic (exact) mass is 408 g/mol. The van der Waals surface area contributed by atoms with Crippen molar-refractivity contribution in [3.05, 3.63) is 12.7 Å². The van der Waals surface area contributed by atoms with Crippen LogP contribution >= 0.6 is 7.82 Å². The number of hydrogen-bond acceptors (Lipinski definition) is 7. The van der Waals surface area contributed by atoms with Crippen LogP contribution in [0.15, 0.2) is 12.7 Å². The van der Waals surface area contributed by atoms with Gasteiger partial charge in [0, 0.05) is 26.5 Å². The Morgan fingerprint density at radius 1 is 1.07 bits per heavy atom. The Morgan fingerprint density at radius 3 is 2.30 bits per heavy atom. The molecule has 2 N–H and O–H groups in total. The van der Waals surface area contributed by atoms with Crippen molar-refractivity contribution >= 4 is 19.6 Å². The van der Waals surface area contributed by atoms with E-state index in [9.17, 15) is 14.2 Å². The summed E-state index contributed by atoms with van der Waals surface area (Å²) in [5.74, 6) is -0.371. The molecule has 2 amide bonds. The molecule has 0 aromatic carbocycles. The predicted molar refractivity (Wildman–Crippen MR) is 102 cm³/mol. The minimum absolute atomic E-state index is 0.0172. The lowest BCUT2D eigenvalue weighted by Gasteiger charge is -2.22. The van der Waals surface area contributed by atoms with E-state index >= 15 is 0 Å². The van der Waals surface area contributed by atoms with Gasteiger partial charge in [-0.1, -0.05) is 13.0 Å². The maximum absolute atomic E-state index is 12.5. The molecule has 0 radical (unpaired) electrons. The van der Waals surface area contributed by atoms with Crippen LogP contribution in [0.3, 0.4) is 0 Å². The van der Waals surface area contributed by atoms with Crippen LogP contribution in [0.25, 0.3) is 0 Å². The summed E-state index contributed by atoms with van der Waals surface area (Å²) in [6, 6.07) is -0.544. The molecule has 0 heterocycles. The van der Waals surface area contributed by atoms with Gasteiger partial charge in [0.2, 0.25) is 11.8 Å². The molecule has 0 spiro atoms. The van der Waals surface area contributed by atoms with E-state index in [-0.39, 0.29) is 44.3 Å². The first-order chi connectivity index (χ1) is 12.7. The molecule has 0 fully saturated rings. The average molecular weight is 408 g/mol. The molecule has 0 aliphatic heterocycles. The molecule has 9 nitrogen and oxygen atoms in total. The molecule has 158 valence electrons. The fourth-order valence-electron chi connectivity index (χ4n) is 1.96. The summed E-state index contributed by atoms with van der Waals surface area (Å²) in [5.41, 5.74) is 0. The molecule has 10 heteroatoms. The zero-order chi connectivity index (χ0) is 20.7. The van der Waals surface area contributed by atoms with Gasteiger partial charge in [0.25, 0.3) is 0 Å². The molecule has 1 unspecified atom stereocenters. The molecular weight excluding hydrogens is 375 g/mol. The van der Waals surface area contributed by atoms with E-state index < -0.39 is 13.9 Å². The highest BCUT2D eigenvalue weighted by Gasteiger charge is 2.28. The molecule has 3 atom stereocenters. The lowest BCUT2D eigenvalue weighted by atomic mass is 10.2. The van der Waals surface area contributed by atoms with Gasteiger partial charge in [0.05, 0.1) is 32.5 Å².